The number of amides is 1. The van der Waals surface area contributed by atoms with Gasteiger partial charge in [-0.1, -0.05) is 18.2 Å². The Balaban J connectivity index is 1.82. The van der Waals surface area contributed by atoms with Crippen molar-refractivity contribution in [2.24, 2.45) is 0 Å². The van der Waals surface area contributed by atoms with Crippen LogP contribution in [0.25, 0.3) is 5.82 Å². The van der Waals surface area contributed by atoms with Crippen molar-refractivity contribution in [1.82, 2.24) is 19.7 Å². The van der Waals surface area contributed by atoms with Gasteiger partial charge in [0.25, 0.3) is 5.91 Å². The maximum absolute atomic E-state index is 12.3. The van der Waals surface area contributed by atoms with Gasteiger partial charge in [-0.05, 0) is 31.2 Å². The Labute approximate surface area is 132 Å². The van der Waals surface area contributed by atoms with Crippen molar-refractivity contribution in [3.8, 4) is 5.82 Å². The van der Waals surface area contributed by atoms with E-state index in [0.717, 1.165) is 0 Å². The lowest BCUT2D eigenvalue weighted by atomic mass is 10.1. The SMILES string of the molecule is CC(=O)c1cccc(NC(=O)c2cccc(-n3cnnc3)n2)c1. The standard InChI is InChI=1S/C16H13N5O2/c1-11(22)12-4-2-5-13(8-12)19-16(23)14-6-3-7-15(20-14)21-9-17-18-10-21/h2-10H,1H3,(H,19,23). The highest BCUT2D eigenvalue weighted by Crippen LogP contribution is 2.13. The zero-order chi connectivity index (χ0) is 16.2. The molecule has 7 nitrogen and oxygen atoms in total. The average Bonchev–Trinajstić information content (AvgIpc) is 3.10. The van der Waals surface area contributed by atoms with Crippen LogP contribution in [0, 0.1) is 0 Å². The molecule has 23 heavy (non-hydrogen) atoms. The van der Waals surface area contributed by atoms with E-state index in [2.05, 4.69) is 20.5 Å². The van der Waals surface area contributed by atoms with E-state index in [4.69, 9.17) is 0 Å². The molecule has 1 amide bonds. The molecular weight excluding hydrogens is 294 g/mol. The van der Waals surface area contributed by atoms with Crippen LogP contribution in [0.15, 0.2) is 55.1 Å². The molecule has 0 saturated heterocycles. The number of hydrogen-bond acceptors (Lipinski definition) is 5. The molecule has 2 heterocycles. The van der Waals surface area contributed by atoms with E-state index < -0.39 is 0 Å². The van der Waals surface area contributed by atoms with E-state index in [1.165, 1.54) is 19.6 Å². The maximum atomic E-state index is 12.3. The lowest BCUT2D eigenvalue weighted by Gasteiger charge is -2.07. The van der Waals surface area contributed by atoms with Gasteiger partial charge in [-0.3, -0.25) is 14.2 Å². The Hall–Kier alpha value is -3.35. The Morgan fingerprint density at radius 3 is 2.52 bits per heavy atom. The first-order valence-corrected chi connectivity index (χ1v) is 6.88. The molecule has 0 atom stereocenters. The molecule has 0 unspecified atom stereocenters. The molecule has 0 radical (unpaired) electrons. The number of anilines is 1. The molecule has 114 valence electrons. The summed E-state index contributed by atoms with van der Waals surface area (Å²) >= 11 is 0. The molecule has 3 rings (SSSR count). The first-order valence-electron chi connectivity index (χ1n) is 6.88. The number of nitrogens with one attached hydrogen (secondary N) is 1. The van der Waals surface area contributed by atoms with E-state index in [9.17, 15) is 9.59 Å². The van der Waals surface area contributed by atoms with Crippen molar-refractivity contribution >= 4 is 17.4 Å². The molecule has 0 bridgehead atoms. The second-order valence-corrected chi connectivity index (χ2v) is 4.84. The van der Waals surface area contributed by atoms with Gasteiger partial charge in [-0.15, -0.1) is 10.2 Å². The fourth-order valence-corrected chi connectivity index (χ4v) is 2.02. The molecule has 7 heteroatoms. The fraction of sp³-hybridized carbons (Fsp3) is 0.0625. The van der Waals surface area contributed by atoms with Crippen LogP contribution in [0.3, 0.4) is 0 Å². The van der Waals surface area contributed by atoms with Gasteiger partial charge in [0.05, 0.1) is 0 Å². The number of carbonyl (C=O) groups is 2. The van der Waals surface area contributed by atoms with Gasteiger partial charge in [-0.25, -0.2) is 4.98 Å². The number of aromatic nitrogens is 4. The van der Waals surface area contributed by atoms with Crippen LogP contribution in [-0.2, 0) is 0 Å². The first kappa shape index (κ1) is 14.6. The monoisotopic (exact) mass is 307 g/mol. The van der Waals surface area contributed by atoms with Crippen LogP contribution in [0.1, 0.15) is 27.8 Å². The van der Waals surface area contributed by atoms with E-state index in [0.29, 0.717) is 17.1 Å². The van der Waals surface area contributed by atoms with Crippen molar-refractivity contribution in [3.63, 3.8) is 0 Å². The summed E-state index contributed by atoms with van der Waals surface area (Å²) in [7, 11) is 0. The van der Waals surface area contributed by atoms with Gasteiger partial charge < -0.3 is 5.32 Å². The normalized spacial score (nSPS) is 10.3. The molecule has 0 aliphatic heterocycles. The van der Waals surface area contributed by atoms with Gasteiger partial charge >= 0.3 is 0 Å². The van der Waals surface area contributed by atoms with E-state index in [1.54, 1.807) is 47.0 Å². The number of hydrogen-bond donors (Lipinski definition) is 1. The molecule has 1 N–H and O–H groups in total. The maximum Gasteiger partial charge on any atom is 0.274 e. The molecule has 0 aliphatic rings. The van der Waals surface area contributed by atoms with Gasteiger partial charge in [0.2, 0.25) is 0 Å². The van der Waals surface area contributed by atoms with Crippen LogP contribution < -0.4 is 5.32 Å². The molecule has 0 spiro atoms. The summed E-state index contributed by atoms with van der Waals surface area (Å²) in [5.41, 5.74) is 1.33. The average molecular weight is 307 g/mol. The lowest BCUT2D eigenvalue weighted by molar-refractivity contribution is 0.100. The van der Waals surface area contributed by atoms with Crippen LogP contribution in [-0.4, -0.2) is 31.4 Å². The minimum absolute atomic E-state index is 0.0613. The summed E-state index contributed by atoms with van der Waals surface area (Å²) in [5, 5.41) is 10.1. The third-order valence-electron chi connectivity index (χ3n) is 3.18. The van der Waals surface area contributed by atoms with Gasteiger partial charge in [0.15, 0.2) is 5.78 Å². The summed E-state index contributed by atoms with van der Waals surface area (Å²) in [6, 6.07) is 11.8. The molecule has 3 aromatic rings. The number of pyridine rings is 1. The number of nitrogens with zero attached hydrogens (tertiary/aromatic N) is 4. The predicted octanol–water partition coefficient (Wildman–Crippen LogP) is 2.12. The summed E-state index contributed by atoms with van der Waals surface area (Å²) in [6.45, 7) is 1.48. The number of ketones is 1. The van der Waals surface area contributed by atoms with Gasteiger partial charge in [0.1, 0.15) is 24.2 Å². The topological polar surface area (TPSA) is 89.8 Å². The summed E-state index contributed by atoms with van der Waals surface area (Å²) in [5.74, 6) is 0.120. The van der Waals surface area contributed by atoms with Crippen molar-refractivity contribution in [3.05, 3.63) is 66.4 Å². The molecule has 0 saturated carbocycles. The number of carbonyl (C=O) groups excluding carboxylic acids is 2. The highest BCUT2D eigenvalue weighted by atomic mass is 16.2. The van der Waals surface area contributed by atoms with E-state index in [-0.39, 0.29) is 17.4 Å². The smallest absolute Gasteiger partial charge is 0.274 e. The highest BCUT2D eigenvalue weighted by Gasteiger charge is 2.10. The van der Waals surface area contributed by atoms with Crippen LogP contribution in [0.5, 0.6) is 0 Å². The minimum atomic E-state index is -0.361. The number of Topliss-reactive ketones (excluding diaryl/α,β-unsaturated/α-hetero) is 1. The third-order valence-corrected chi connectivity index (χ3v) is 3.18. The van der Waals surface area contributed by atoms with Gasteiger partial charge in [-0.2, -0.15) is 0 Å². The fourth-order valence-electron chi connectivity index (χ4n) is 2.02. The second-order valence-electron chi connectivity index (χ2n) is 4.84. The van der Waals surface area contributed by atoms with Crippen LogP contribution >= 0.6 is 0 Å². The summed E-state index contributed by atoms with van der Waals surface area (Å²) in [4.78, 5) is 28.0. The predicted molar refractivity (Wildman–Crippen MR) is 83.6 cm³/mol. The minimum Gasteiger partial charge on any atom is -0.321 e. The molecular formula is C16H13N5O2. The summed E-state index contributed by atoms with van der Waals surface area (Å²) in [6.07, 6.45) is 3.00. The van der Waals surface area contributed by atoms with Gasteiger partial charge in [0, 0.05) is 11.3 Å². The Morgan fingerprint density at radius 2 is 1.78 bits per heavy atom. The molecule has 0 fully saturated rings. The van der Waals surface area contributed by atoms with E-state index >= 15 is 0 Å². The number of rotatable bonds is 4. The lowest BCUT2D eigenvalue weighted by Crippen LogP contribution is -2.15. The Kier molecular flexibility index (Phi) is 3.92. The molecule has 1 aromatic carbocycles. The van der Waals surface area contributed by atoms with Crippen molar-refractivity contribution in [2.45, 2.75) is 6.92 Å². The zero-order valence-corrected chi connectivity index (χ0v) is 12.3. The van der Waals surface area contributed by atoms with Crippen LogP contribution in [0.4, 0.5) is 5.69 Å². The number of benzene rings is 1. The molecule has 0 aliphatic carbocycles. The Bertz CT molecular complexity index is 858. The van der Waals surface area contributed by atoms with Crippen molar-refractivity contribution < 1.29 is 9.59 Å². The van der Waals surface area contributed by atoms with Crippen molar-refractivity contribution in [1.29, 1.82) is 0 Å². The quantitative estimate of drug-likeness (QED) is 0.746. The first-order chi connectivity index (χ1) is 11.1. The van der Waals surface area contributed by atoms with Crippen LogP contribution in [0.2, 0.25) is 0 Å². The Morgan fingerprint density at radius 1 is 1.04 bits per heavy atom. The summed E-state index contributed by atoms with van der Waals surface area (Å²) < 4.78 is 1.60. The largest absolute Gasteiger partial charge is 0.321 e. The second kappa shape index (κ2) is 6.18. The molecule has 2 aromatic heterocycles. The third kappa shape index (κ3) is 3.29. The zero-order valence-electron chi connectivity index (χ0n) is 12.3. The highest BCUT2D eigenvalue weighted by molar-refractivity contribution is 6.04. The van der Waals surface area contributed by atoms with Crippen molar-refractivity contribution in [2.75, 3.05) is 5.32 Å². The van der Waals surface area contributed by atoms with E-state index in [1.807, 2.05) is 0 Å².